The maximum atomic E-state index is 5.25. The third-order valence-electron chi connectivity index (χ3n) is 5.92. The van der Waals surface area contributed by atoms with E-state index in [4.69, 9.17) is 4.74 Å². The van der Waals surface area contributed by atoms with Crippen LogP contribution in [0.3, 0.4) is 0 Å². The van der Waals surface area contributed by atoms with Gasteiger partial charge in [0.1, 0.15) is 0 Å². The van der Waals surface area contributed by atoms with E-state index in [-0.39, 0.29) is 24.0 Å². The number of ether oxygens (including phenoxy) is 1. The molecule has 0 bridgehead atoms. The summed E-state index contributed by atoms with van der Waals surface area (Å²) in [4.78, 5) is 7.00. The number of nitrogens with zero attached hydrogens (tertiary/aromatic N) is 2. The van der Waals surface area contributed by atoms with Crippen LogP contribution >= 0.6 is 24.0 Å². The van der Waals surface area contributed by atoms with Crippen LogP contribution in [0.5, 0.6) is 0 Å². The largest absolute Gasteiger partial charge is 0.385 e. The Morgan fingerprint density at radius 3 is 2.67 bits per heavy atom. The Kier molecular flexibility index (Phi) is 8.82. The summed E-state index contributed by atoms with van der Waals surface area (Å²) >= 11 is 0. The van der Waals surface area contributed by atoms with Crippen molar-refractivity contribution < 1.29 is 4.74 Å². The van der Waals surface area contributed by atoms with Gasteiger partial charge in [-0.25, -0.2) is 0 Å². The zero-order valence-electron chi connectivity index (χ0n) is 16.9. The molecule has 1 saturated heterocycles. The van der Waals surface area contributed by atoms with Gasteiger partial charge in [0.2, 0.25) is 0 Å². The lowest BCUT2D eigenvalue weighted by atomic mass is 10.0. The molecule has 3 rings (SSSR count). The van der Waals surface area contributed by atoms with Crippen molar-refractivity contribution in [2.75, 3.05) is 33.9 Å². The summed E-state index contributed by atoms with van der Waals surface area (Å²) in [5, 5.41) is 7.19. The van der Waals surface area contributed by atoms with Crippen LogP contribution < -0.4 is 10.6 Å². The lowest BCUT2D eigenvalue weighted by Crippen LogP contribution is -2.46. The highest BCUT2D eigenvalue weighted by molar-refractivity contribution is 14.0. The van der Waals surface area contributed by atoms with Crippen LogP contribution in [0, 0.1) is 5.41 Å². The number of benzene rings is 1. The van der Waals surface area contributed by atoms with Crippen molar-refractivity contribution in [2.24, 2.45) is 10.4 Å². The Hall–Kier alpha value is -0.860. The van der Waals surface area contributed by atoms with E-state index in [1.807, 2.05) is 7.05 Å². The molecule has 0 radical (unpaired) electrons. The van der Waals surface area contributed by atoms with Gasteiger partial charge < -0.3 is 15.4 Å². The molecule has 1 aliphatic heterocycles. The second-order valence-electron chi connectivity index (χ2n) is 8.01. The summed E-state index contributed by atoms with van der Waals surface area (Å²) in [6, 6.07) is 11.8. The molecule has 2 atom stereocenters. The van der Waals surface area contributed by atoms with Gasteiger partial charge in [-0.1, -0.05) is 30.3 Å². The molecule has 1 saturated carbocycles. The van der Waals surface area contributed by atoms with Gasteiger partial charge in [-0.05, 0) is 43.6 Å². The van der Waals surface area contributed by atoms with Gasteiger partial charge in [0.15, 0.2) is 5.96 Å². The first-order valence-corrected chi connectivity index (χ1v) is 9.88. The molecule has 152 valence electrons. The summed E-state index contributed by atoms with van der Waals surface area (Å²) < 4.78 is 5.25. The molecular formula is C21H35IN4O. The molecule has 1 aromatic carbocycles. The fraction of sp³-hybridized carbons (Fsp3) is 0.667. The van der Waals surface area contributed by atoms with E-state index in [0.717, 1.165) is 45.0 Å². The van der Waals surface area contributed by atoms with Gasteiger partial charge in [0.05, 0.1) is 0 Å². The van der Waals surface area contributed by atoms with E-state index in [9.17, 15) is 0 Å². The third kappa shape index (κ3) is 6.61. The maximum absolute atomic E-state index is 5.25. The molecular weight excluding hydrogens is 451 g/mol. The number of hydrogen-bond donors (Lipinski definition) is 2. The van der Waals surface area contributed by atoms with Crippen LogP contribution in [-0.2, 0) is 11.3 Å². The minimum absolute atomic E-state index is 0. The molecule has 0 aromatic heterocycles. The average molecular weight is 486 g/mol. The van der Waals surface area contributed by atoms with Crippen LogP contribution in [0.1, 0.15) is 38.2 Å². The van der Waals surface area contributed by atoms with Gasteiger partial charge in [-0.15, -0.1) is 24.0 Å². The van der Waals surface area contributed by atoms with Crippen LogP contribution in [0.15, 0.2) is 35.3 Å². The Balaban J connectivity index is 0.00000261. The smallest absolute Gasteiger partial charge is 0.191 e. The van der Waals surface area contributed by atoms with E-state index in [0.29, 0.717) is 17.5 Å². The highest BCUT2D eigenvalue weighted by atomic mass is 127. The summed E-state index contributed by atoms with van der Waals surface area (Å²) in [5.41, 5.74) is 1.81. The number of aliphatic imine (C=N–C) groups is 1. The standard InChI is InChI=1S/C21H34N4O.HI/c1-17-13-19(15-25(17)14-18-7-5-4-6-8-18)24-20(22-2)23-16-21(9-10-21)11-12-26-3;/h4-8,17,19H,9-16H2,1-3H3,(H2,22,23,24);1H. The van der Waals surface area contributed by atoms with Gasteiger partial charge in [-0.3, -0.25) is 9.89 Å². The number of methoxy groups -OCH3 is 1. The van der Waals surface area contributed by atoms with Crippen molar-refractivity contribution in [3.05, 3.63) is 35.9 Å². The maximum Gasteiger partial charge on any atom is 0.191 e. The van der Waals surface area contributed by atoms with Crippen molar-refractivity contribution in [3.8, 4) is 0 Å². The van der Waals surface area contributed by atoms with Gasteiger partial charge in [0, 0.05) is 52.5 Å². The number of nitrogens with one attached hydrogen (secondary N) is 2. The predicted octanol–water partition coefficient (Wildman–Crippen LogP) is 3.25. The topological polar surface area (TPSA) is 48.9 Å². The van der Waals surface area contributed by atoms with Crippen LogP contribution in [0.25, 0.3) is 0 Å². The fourth-order valence-electron chi connectivity index (χ4n) is 3.91. The summed E-state index contributed by atoms with van der Waals surface area (Å²) in [6.07, 6.45) is 4.89. The average Bonchev–Trinajstić information content (AvgIpc) is 3.35. The fourth-order valence-corrected chi connectivity index (χ4v) is 3.91. The van der Waals surface area contributed by atoms with E-state index in [1.54, 1.807) is 7.11 Å². The van der Waals surface area contributed by atoms with E-state index in [2.05, 4.69) is 57.8 Å². The molecule has 2 unspecified atom stereocenters. The van der Waals surface area contributed by atoms with Crippen LogP contribution in [-0.4, -0.2) is 56.8 Å². The van der Waals surface area contributed by atoms with Crippen molar-refractivity contribution in [3.63, 3.8) is 0 Å². The molecule has 2 N–H and O–H groups in total. The molecule has 2 fully saturated rings. The zero-order valence-corrected chi connectivity index (χ0v) is 19.2. The SMILES string of the molecule is CN=C(NCC1(CCOC)CC1)NC1CC(C)N(Cc2ccccc2)C1.I. The zero-order chi connectivity index (χ0) is 18.4. The second-order valence-corrected chi connectivity index (χ2v) is 8.01. The quantitative estimate of drug-likeness (QED) is 0.337. The lowest BCUT2D eigenvalue weighted by molar-refractivity contribution is 0.172. The Morgan fingerprint density at radius 2 is 2.04 bits per heavy atom. The van der Waals surface area contributed by atoms with Gasteiger partial charge in [-0.2, -0.15) is 0 Å². The minimum atomic E-state index is 0. The molecule has 0 amide bonds. The first kappa shape index (κ1) is 22.4. The molecule has 27 heavy (non-hydrogen) atoms. The number of likely N-dealkylation sites (tertiary alicyclic amines) is 1. The number of rotatable bonds is 8. The predicted molar refractivity (Wildman–Crippen MR) is 123 cm³/mol. The Morgan fingerprint density at radius 1 is 1.30 bits per heavy atom. The highest BCUT2D eigenvalue weighted by Crippen LogP contribution is 2.48. The van der Waals surface area contributed by atoms with E-state index < -0.39 is 0 Å². The van der Waals surface area contributed by atoms with Crippen molar-refractivity contribution in [1.82, 2.24) is 15.5 Å². The number of halogens is 1. The Bertz CT molecular complexity index is 591. The third-order valence-corrected chi connectivity index (χ3v) is 5.92. The summed E-state index contributed by atoms with van der Waals surface area (Å²) in [7, 11) is 3.65. The summed E-state index contributed by atoms with van der Waals surface area (Å²) in [6.45, 7) is 6.25. The monoisotopic (exact) mass is 486 g/mol. The van der Waals surface area contributed by atoms with E-state index in [1.165, 1.54) is 18.4 Å². The first-order chi connectivity index (χ1) is 12.6. The lowest BCUT2D eigenvalue weighted by Gasteiger charge is -2.22. The van der Waals surface area contributed by atoms with Crippen molar-refractivity contribution in [2.45, 2.75) is 51.2 Å². The number of hydrogen-bond acceptors (Lipinski definition) is 3. The molecule has 0 spiro atoms. The second kappa shape index (κ2) is 10.6. The van der Waals surface area contributed by atoms with Crippen LogP contribution in [0.2, 0.25) is 0 Å². The highest BCUT2D eigenvalue weighted by Gasteiger charge is 2.42. The molecule has 5 nitrogen and oxygen atoms in total. The van der Waals surface area contributed by atoms with Gasteiger partial charge in [0.25, 0.3) is 0 Å². The summed E-state index contributed by atoms with van der Waals surface area (Å²) in [5.74, 6) is 0.937. The minimum Gasteiger partial charge on any atom is -0.385 e. The molecule has 2 aliphatic rings. The molecule has 1 aromatic rings. The van der Waals surface area contributed by atoms with Gasteiger partial charge >= 0.3 is 0 Å². The Labute approximate surface area is 181 Å². The molecule has 1 heterocycles. The van der Waals surface area contributed by atoms with Crippen molar-refractivity contribution >= 4 is 29.9 Å². The molecule has 1 aliphatic carbocycles. The number of guanidine groups is 1. The van der Waals surface area contributed by atoms with Crippen molar-refractivity contribution in [1.29, 1.82) is 0 Å². The van der Waals surface area contributed by atoms with Crippen LogP contribution in [0.4, 0.5) is 0 Å². The first-order valence-electron chi connectivity index (χ1n) is 9.88. The normalized spacial score (nSPS) is 24.3. The molecule has 6 heteroatoms. The van der Waals surface area contributed by atoms with E-state index >= 15 is 0 Å².